The highest BCUT2D eigenvalue weighted by Gasteiger charge is 2.28. The first-order valence-electron chi connectivity index (χ1n) is 11.2. The molecule has 1 aromatic rings. The van der Waals surface area contributed by atoms with Crippen LogP contribution in [0.25, 0.3) is 6.08 Å². The number of thioether (sulfide) groups is 1. The molecular weight excluding hydrogens is 462 g/mol. The SMILES string of the molecule is CN(CCN[C@@H]1CCCN(c2c(Cl)cccc2/C=C2\SC(=O)CC2=O)C1)C(=O)OC(C)(C)C. The third-order valence-corrected chi connectivity index (χ3v) is 6.67. The molecule has 2 aliphatic rings. The van der Waals surface area contributed by atoms with E-state index in [0.29, 0.717) is 23.0 Å². The molecule has 2 fully saturated rings. The number of anilines is 1. The first kappa shape index (κ1) is 25.6. The molecule has 7 nitrogen and oxygen atoms in total. The highest BCUT2D eigenvalue weighted by Crippen LogP contribution is 2.37. The van der Waals surface area contributed by atoms with Crippen molar-refractivity contribution >= 4 is 52.1 Å². The number of carbonyl (C=O) groups excluding carboxylic acids is 3. The van der Waals surface area contributed by atoms with E-state index in [9.17, 15) is 14.4 Å². The molecule has 0 aromatic heterocycles. The predicted octanol–water partition coefficient (Wildman–Crippen LogP) is 4.34. The third kappa shape index (κ3) is 7.22. The molecule has 9 heteroatoms. The van der Waals surface area contributed by atoms with Gasteiger partial charge in [0.15, 0.2) is 5.78 Å². The number of para-hydroxylation sites is 1. The number of ketones is 1. The average Bonchev–Trinajstić information content (AvgIpc) is 3.03. The summed E-state index contributed by atoms with van der Waals surface area (Å²) in [6.07, 6.45) is 3.43. The van der Waals surface area contributed by atoms with Crippen LogP contribution < -0.4 is 10.2 Å². The van der Waals surface area contributed by atoms with Gasteiger partial charge in [0.2, 0.25) is 5.12 Å². The van der Waals surface area contributed by atoms with Crippen LogP contribution in [0.2, 0.25) is 5.02 Å². The van der Waals surface area contributed by atoms with Crippen LogP contribution in [0.3, 0.4) is 0 Å². The number of halogens is 1. The number of likely N-dealkylation sites (N-methyl/N-ethyl adjacent to an activating group) is 1. The zero-order chi connectivity index (χ0) is 24.2. The second kappa shape index (κ2) is 10.9. The Labute approximate surface area is 204 Å². The van der Waals surface area contributed by atoms with Crippen LogP contribution in [0.15, 0.2) is 23.1 Å². The lowest BCUT2D eigenvalue weighted by molar-refractivity contribution is -0.119. The van der Waals surface area contributed by atoms with E-state index in [2.05, 4.69) is 10.2 Å². The molecule has 0 saturated carbocycles. The number of hydrogen-bond donors (Lipinski definition) is 1. The van der Waals surface area contributed by atoms with Gasteiger partial charge in [0.25, 0.3) is 0 Å². The number of allylic oxidation sites excluding steroid dienone is 1. The molecule has 0 spiro atoms. The number of carbonyl (C=O) groups is 3. The van der Waals surface area contributed by atoms with Gasteiger partial charge >= 0.3 is 6.09 Å². The maximum absolute atomic E-state index is 12.1. The summed E-state index contributed by atoms with van der Waals surface area (Å²) in [7, 11) is 1.74. The molecule has 1 aromatic carbocycles. The maximum Gasteiger partial charge on any atom is 0.410 e. The fourth-order valence-corrected chi connectivity index (χ4v) is 5.00. The summed E-state index contributed by atoms with van der Waals surface area (Å²) in [5, 5.41) is 4.05. The topological polar surface area (TPSA) is 79.0 Å². The minimum atomic E-state index is -0.514. The number of amides is 1. The van der Waals surface area contributed by atoms with E-state index < -0.39 is 5.60 Å². The second-order valence-electron chi connectivity index (χ2n) is 9.40. The third-order valence-electron chi connectivity index (χ3n) is 5.43. The van der Waals surface area contributed by atoms with Crippen LogP contribution in [-0.2, 0) is 14.3 Å². The van der Waals surface area contributed by atoms with E-state index in [-0.39, 0.29) is 29.5 Å². The van der Waals surface area contributed by atoms with Crippen LogP contribution in [0.4, 0.5) is 10.5 Å². The fraction of sp³-hybridized carbons (Fsp3) is 0.542. The van der Waals surface area contributed by atoms with Gasteiger partial charge in [-0.15, -0.1) is 0 Å². The van der Waals surface area contributed by atoms with Crippen LogP contribution in [0.5, 0.6) is 0 Å². The van der Waals surface area contributed by atoms with E-state index in [1.807, 2.05) is 39.0 Å². The van der Waals surface area contributed by atoms with E-state index >= 15 is 0 Å². The first-order valence-corrected chi connectivity index (χ1v) is 12.4. The zero-order valence-electron chi connectivity index (χ0n) is 19.7. The Kier molecular flexibility index (Phi) is 8.48. The molecule has 1 N–H and O–H groups in total. The van der Waals surface area contributed by atoms with Crippen LogP contribution in [-0.4, -0.2) is 66.8 Å². The van der Waals surface area contributed by atoms with Gasteiger partial charge in [-0.3, -0.25) is 9.59 Å². The van der Waals surface area contributed by atoms with Crippen LogP contribution in [0.1, 0.15) is 45.6 Å². The molecular formula is C24H32ClN3O4S. The van der Waals surface area contributed by atoms with Crippen molar-refractivity contribution in [3.05, 3.63) is 33.7 Å². The van der Waals surface area contributed by atoms with Crippen molar-refractivity contribution in [2.45, 2.75) is 51.7 Å². The number of hydrogen-bond acceptors (Lipinski definition) is 7. The Balaban J connectivity index is 1.63. The number of piperidine rings is 1. The molecule has 180 valence electrons. The summed E-state index contributed by atoms with van der Waals surface area (Å²) < 4.78 is 5.40. The van der Waals surface area contributed by atoms with Gasteiger partial charge < -0.3 is 19.9 Å². The lowest BCUT2D eigenvalue weighted by Crippen LogP contribution is -2.48. The fourth-order valence-electron chi connectivity index (χ4n) is 3.88. The molecule has 0 aliphatic carbocycles. The van der Waals surface area contributed by atoms with Gasteiger partial charge in [-0.25, -0.2) is 4.79 Å². The van der Waals surface area contributed by atoms with E-state index in [1.54, 1.807) is 18.0 Å². The Morgan fingerprint density at radius 3 is 2.79 bits per heavy atom. The van der Waals surface area contributed by atoms with Crippen LogP contribution >= 0.6 is 23.4 Å². The number of Topliss-reactive ketones (excluding diaryl/α,β-unsaturated/α-hetero) is 1. The van der Waals surface area contributed by atoms with Crippen LogP contribution in [0, 0.1) is 0 Å². The van der Waals surface area contributed by atoms with E-state index in [4.69, 9.17) is 16.3 Å². The molecule has 2 aliphatic heterocycles. The minimum Gasteiger partial charge on any atom is -0.444 e. The summed E-state index contributed by atoms with van der Waals surface area (Å²) in [6.45, 7) is 8.37. The second-order valence-corrected chi connectivity index (χ2v) is 10.9. The standard InChI is InChI=1S/C24H32ClN3O4S/c1-24(2,3)32-23(31)27(4)12-10-26-17-8-6-11-28(15-17)22-16(7-5-9-18(22)25)13-20-19(29)14-21(30)33-20/h5,7,9,13,17,26H,6,8,10-12,14-15H2,1-4H3/b20-13-/t17-/m1/s1. The van der Waals surface area contributed by atoms with Crippen molar-refractivity contribution in [3.8, 4) is 0 Å². The zero-order valence-corrected chi connectivity index (χ0v) is 21.2. The summed E-state index contributed by atoms with van der Waals surface area (Å²) in [5.74, 6) is -0.136. The molecule has 0 unspecified atom stereocenters. The van der Waals surface area contributed by atoms with Gasteiger partial charge in [0.1, 0.15) is 5.60 Å². The molecule has 3 rings (SSSR count). The summed E-state index contributed by atoms with van der Waals surface area (Å²) in [4.78, 5) is 40.2. The van der Waals surface area contributed by atoms with Crippen molar-refractivity contribution in [1.82, 2.24) is 10.2 Å². The number of nitrogens with zero attached hydrogens (tertiary/aromatic N) is 2. The average molecular weight is 494 g/mol. The van der Waals surface area contributed by atoms with Gasteiger partial charge in [0.05, 0.1) is 22.0 Å². The molecule has 2 saturated heterocycles. The van der Waals surface area contributed by atoms with Crippen molar-refractivity contribution in [2.75, 3.05) is 38.1 Å². The highest BCUT2D eigenvalue weighted by molar-refractivity contribution is 8.18. The summed E-state index contributed by atoms with van der Waals surface area (Å²) in [5.41, 5.74) is 1.22. The van der Waals surface area contributed by atoms with Gasteiger partial charge in [0, 0.05) is 44.8 Å². The molecule has 2 heterocycles. The Morgan fingerprint density at radius 1 is 1.36 bits per heavy atom. The summed E-state index contributed by atoms with van der Waals surface area (Å²) >= 11 is 7.59. The highest BCUT2D eigenvalue weighted by atomic mass is 35.5. The van der Waals surface area contributed by atoms with Crippen molar-refractivity contribution in [2.24, 2.45) is 0 Å². The lowest BCUT2D eigenvalue weighted by atomic mass is 10.0. The predicted molar refractivity (Wildman–Crippen MR) is 134 cm³/mol. The van der Waals surface area contributed by atoms with E-state index in [1.165, 1.54) is 0 Å². The minimum absolute atomic E-state index is 0.0418. The largest absolute Gasteiger partial charge is 0.444 e. The van der Waals surface area contributed by atoms with Gasteiger partial charge in [-0.2, -0.15) is 0 Å². The molecule has 33 heavy (non-hydrogen) atoms. The molecule has 1 amide bonds. The smallest absolute Gasteiger partial charge is 0.410 e. The molecule has 0 bridgehead atoms. The summed E-state index contributed by atoms with van der Waals surface area (Å²) in [6, 6.07) is 5.88. The quantitative estimate of drug-likeness (QED) is 0.466. The normalized spacial score (nSPS) is 20.5. The van der Waals surface area contributed by atoms with Crippen molar-refractivity contribution < 1.29 is 19.1 Å². The number of rotatable bonds is 6. The monoisotopic (exact) mass is 493 g/mol. The number of nitrogens with one attached hydrogen (secondary N) is 1. The first-order chi connectivity index (χ1) is 15.5. The lowest BCUT2D eigenvalue weighted by Gasteiger charge is -2.36. The number of benzene rings is 1. The molecule has 1 atom stereocenters. The Morgan fingerprint density at radius 2 is 2.12 bits per heavy atom. The Bertz CT molecular complexity index is 944. The Hall–Kier alpha value is -2.03. The van der Waals surface area contributed by atoms with Crippen molar-refractivity contribution in [3.63, 3.8) is 0 Å². The van der Waals surface area contributed by atoms with Gasteiger partial charge in [-0.05, 0) is 57.5 Å². The maximum atomic E-state index is 12.1. The molecule has 0 radical (unpaired) electrons. The van der Waals surface area contributed by atoms with Crippen molar-refractivity contribution in [1.29, 1.82) is 0 Å². The number of ether oxygens (including phenoxy) is 1. The van der Waals surface area contributed by atoms with Gasteiger partial charge in [-0.1, -0.05) is 23.7 Å². The van der Waals surface area contributed by atoms with E-state index in [0.717, 1.165) is 48.9 Å².